The number of nitriles is 1. The first-order valence-corrected chi connectivity index (χ1v) is 7.89. The number of rotatable bonds is 6. The third-order valence-corrected chi connectivity index (χ3v) is 3.82. The van der Waals surface area contributed by atoms with E-state index in [-0.39, 0.29) is 12.5 Å². The zero-order valence-electron chi connectivity index (χ0n) is 13.5. The average molecular weight is 380 g/mol. The second-order valence-electron chi connectivity index (χ2n) is 4.89. The first kappa shape index (κ1) is 18.7. The van der Waals surface area contributed by atoms with Gasteiger partial charge in [-0.1, -0.05) is 23.2 Å². The summed E-state index contributed by atoms with van der Waals surface area (Å²) in [5, 5.41) is 15.5. The molecule has 25 heavy (non-hydrogen) atoms. The second-order valence-corrected chi connectivity index (χ2v) is 5.73. The Hall–Kier alpha value is -2.62. The van der Waals surface area contributed by atoms with Crippen LogP contribution in [0.4, 0.5) is 11.4 Å². The molecule has 0 fully saturated rings. The molecule has 6 nitrogen and oxygen atoms in total. The number of methoxy groups -OCH3 is 2. The molecular weight excluding hydrogens is 365 g/mol. The molecule has 130 valence electrons. The summed E-state index contributed by atoms with van der Waals surface area (Å²) in [6.45, 7) is -0.0570. The van der Waals surface area contributed by atoms with E-state index in [1.807, 2.05) is 6.07 Å². The Morgan fingerprint density at radius 3 is 2.48 bits per heavy atom. The molecule has 0 aliphatic rings. The number of nitrogens with one attached hydrogen (secondary N) is 2. The summed E-state index contributed by atoms with van der Waals surface area (Å²) in [5.41, 5.74) is 1.22. The van der Waals surface area contributed by atoms with Crippen LogP contribution >= 0.6 is 23.2 Å². The lowest BCUT2D eigenvalue weighted by Gasteiger charge is -2.14. The number of hydrogen-bond donors (Lipinski definition) is 2. The minimum absolute atomic E-state index is 0.0570. The van der Waals surface area contributed by atoms with Gasteiger partial charge >= 0.3 is 0 Å². The van der Waals surface area contributed by atoms with Crippen LogP contribution in [0, 0.1) is 11.3 Å². The number of ether oxygens (including phenoxy) is 2. The fraction of sp³-hybridized carbons (Fsp3) is 0.176. The fourth-order valence-corrected chi connectivity index (χ4v) is 2.49. The lowest BCUT2D eigenvalue weighted by atomic mass is 10.2. The van der Waals surface area contributed by atoms with Gasteiger partial charge in [0.05, 0.1) is 42.7 Å². The summed E-state index contributed by atoms with van der Waals surface area (Å²) < 4.78 is 10.4. The molecule has 0 heterocycles. The first-order valence-electron chi connectivity index (χ1n) is 7.13. The summed E-state index contributed by atoms with van der Waals surface area (Å²) in [5.74, 6) is 0.570. The lowest BCUT2D eigenvalue weighted by Crippen LogP contribution is -2.22. The molecule has 8 heteroatoms. The van der Waals surface area contributed by atoms with Crippen LogP contribution in [0.15, 0.2) is 30.3 Å². The quantitative estimate of drug-likeness (QED) is 0.793. The number of carbonyl (C=O) groups excluding carboxylic acids is 1. The van der Waals surface area contributed by atoms with E-state index in [2.05, 4.69) is 10.6 Å². The molecule has 2 rings (SSSR count). The van der Waals surface area contributed by atoms with Crippen molar-refractivity contribution in [1.82, 2.24) is 0 Å². The van der Waals surface area contributed by atoms with E-state index in [0.29, 0.717) is 38.5 Å². The minimum Gasteiger partial charge on any atom is -0.495 e. The average Bonchev–Trinajstić information content (AvgIpc) is 2.60. The molecule has 0 atom stereocenters. The van der Waals surface area contributed by atoms with Gasteiger partial charge in [0.2, 0.25) is 5.91 Å². The van der Waals surface area contributed by atoms with E-state index >= 15 is 0 Å². The van der Waals surface area contributed by atoms with Crippen molar-refractivity contribution in [2.24, 2.45) is 0 Å². The molecule has 0 spiro atoms. The van der Waals surface area contributed by atoms with E-state index < -0.39 is 0 Å². The van der Waals surface area contributed by atoms with Crippen molar-refractivity contribution in [3.63, 3.8) is 0 Å². The highest BCUT2D eigenvalue weighted by Gasteiger charge is 2.12. The summed E-state index contributed by atoms with van der Waals surface area (Å²) >= 11 is 11.9. The summed E-state index contributed by atoms with van der Waals surface area (Å²) in [6, 6.07) is 9.86. The first-order chi connectivity index (χ1) is 12.0. The van der Waals surface area contributed by atoms with Crippen LogP contribution in [0.5, 0.6) is 11.5 Å². The minimum atomic E-state index is -0.352. The predicted molar refractivity (Wildman–Crippen MR) is 97.8 cm³/mol. The summed E-state index contributed by atoms with van der Waals surface area (Å²) in [6.07, 6.45) is 0. The molecule has 0 aliphatic heterocycles. The van der Waals surface area contributed by atoms with Crippen molar-refractivity contribution in [2.75, 3.05) is 31.4 Å². The third kappa shape index (κ3) is 4.69. The van der Waals surface area contributed by atoms with Crippen LogP contribution in [-0.2, 0) is 4.79 Å². The van der Waals surface area contributed by atoms with Crippen molar-refractivity contribution in [2.45, 2.75) is 0 Å². The van der Waals surface area contributed by atoms with Crippen LogP contribution < -0.4 is 20.1 Å². The predicted octanol–water partition coefficient (Wildman–Crippen LogP) is 3.93. The summed E-state index contributed by atoms with van der Waals surface area (Å²) in [7, 11) is 2.99. The van der Waals surface area contributed by atoms with Crippen molar-refractivity contribution in [1.29, 1.82) is 5.26 Å². The maximum atomic E-state index is 12.2. The molecule has 0 aromatic heterocycles. The third-order valence-electron chi connectivity index (χ3n) is 3.29. The highest BCUT2D eigenvalue weighted by molar-refractivity contribution is 6.32. The lowest BCUT2D eigenvalue weighted by molar-refractivity contribution is -0.114. The molecular formula is C17H15Cl2N3O3. The van der Waals surface area contributed by atoms with Crippen LogP contribution in [-0.4, -0.2) is 26.7 Å². The van der Waals surface area contributed by atoms with Crippen LogP contribution in [0.25, 0.3) is 0 Å². The van der Waals surface area contributed by atoms with Gasteiger partial charge in [-0.15, -0.1) is 0 Å². The molecule has 0 bridgehead atoms. The molecule has 0 radical (unpaired) electrons. The maximum Gasteiger partial charge on any atom is 0.243 e. The fourth-order valence-electron chi connectivity index (χ4n) is 2.09. The van der Waals surface area contributed by atoms with E-state index in [1.54, 1.807) is 24.3 Å². The van der Waals surface area contributed by atoms with Gasteiger partial charge in [-0.3, -0.25) is 4.79 Å². The van der Waals surface area contributed by atoms with Gasteiger partial charge in [0, 0.05) is 17.2 Å². The molecule has 1 amide bonds. The molecule has 0 aliphatic carbocycles. The monoisotopic (exact) mass is 379 g/mol. The standard InChI is InChI=1S/C17H15Cl2N3O3/c1-24-15-7-14(16(25-2)6-12(15)19)21-9-17(23)22-13-5-11(18)4-3-10(13)8-20/h3-7,21H,9H2,1-2H3,(H,22,23). The van der Waals surface area contributed by atoms with Crippen molar-refractivity contribution >= 4 is 40.5 Å². The number of halogens is 2. The highest BCUT2D eigenvalue weighted by atomic mass is 35.5. The normalized spacial score (nSPS) is 9.88. The molecule has 0 saturated heterocycles. The topological polar surface area (TPSA) is 83.4 Å². The Balaban J connectivity index is 2.10. The molecule has 2 N–H and O–H groups in total. The van der Waals surface area contributed by atoms with Crippen LogP contribution in [0.3, 0.4) is 0 Å². The Kier molecular flexibility index (Phi) is 6.34. The van der Waals surface area contributed by atoms with Gasteiger partial charge in [0.15, 0.2) is 0 Å². The van der Waals surface area contributed by atoms with E-state index in [9.17, 15) is 4.79 Å². The van der Waals surface area contributed by atoms with Gasteiger partial charge in [0.25, 0.3) is 0 Å². The number of benzene rings is 2. The SMILES string of the molecule is COc1cc(NCC(=O)Nc2cc(Cl)ccc2C#N)c(OC)cc1Cl. The number of amides is 1. The molecule has 2 aromatic rings. The Labute approximate surface area is 155 Å². The Bertz CT molecular complexity index is 835. The van der Waals surface area contributed by atoms with Crippen molar-refractivity contribution < 1.29 is 14.3 Å². The maximum absolute atomic E-state index is 12.2. The largest absolute Gasteiger partial charge is 0.495 e. The van der Waals surface area contributed by atoms with Gasteiger partial charge in [-0.25, -0.2) is 0 Å². The van der Waals surface area contributed by atoms with Gasteiger partial charge in [0.1, 0.15) is 17.6 Å². The number of hydrogen-bond acceptors (Lipinski definition) is 5. The van der Waals surface area contributed by atoms with Gasteiger partial charge in [-0.2, -0.15) is 5.26 Å². The zero-order chi connectivity index (χ0) is 18.4. The molecule has 0 saturated carbocycles. The Morgan fingerprint density at radius 1 is 1.12 bits per heavy atom. The van der Waals surface area contributed by atoms with Crippen LogP contribution in [0.2, 0.25) is 10.0 Å². The highest BCUT2D eigenvalue weighted by Crippen LogP contribution is 2.35. The smallest absolute Gasteiger partial charge is 0.243 e. The zero-order valence-corrected chi connectivity index (χ0v) is 15.0. The Morgan fingerprint density at radius 2 is 1.84 bits per heavy atom. The van der Waals surface area contributed by atoms with E-state index in [0.717, 1.165) is 0 Å². The van der Waals surface area contributed by atoms with Gasteiger partial charge in [-0.05, 0) is 18.2 Å². The van der Waals surface area contributed by atoms with E-state index in [1.165, 1.54) is 20.3 Å². The molecule has 0 unspecified atom stereocenters. The van der Waals surface area contributed by atoms with Crippen LogP contribution in [0.1, 0.15) is 5.56 Å². The van der Waals surface area contributed by atoms with Crippen molar-refractivity contribution in [3.8, 4) is 17.6 Å². The number of anilines is 2. The number of carbonyl (C=O) groups is 1. The van der Waals surface area contributed by atoms with Gasteiger partial charge < -0.3 is 20.1 Å². The molecule has 2 aromatic carbocycles. The van der Waals surface area contributed by atoms with E-state index in [4.69, 9.17) is 37.9 Å². The summed E-state index contributed by atoms with van der Waals surface area (Å²) in [4.78, 5) is 12.2. The second kappa shape index (κ2) is 8.47. The number of nitrogens with zero attached hydrogens (tertiary/aromatic N) is 1. The van der Waals surface area contributed by atoms with Crippen molar-refractivity contribution in [3.05, 3.63) is 45.9 Å².